The van der Waals surface area contributed by atoms with Gasteiger partial charge in [0.05, 0.1) is 29.7 Å². The van der Waals surface area contributed by atoms with Gasteiger partial charge in [-0.3, -0.25) is 0 Å². The predicted molar refractivity (Wildman–Crippen MR) is 88.0 cm³/mol. The molecule has 3 N–H and O–H groups in total. The lowest BCUT2D eigenvalue weighted by Gasteiger charge is -2.29. The lowest BCUT2D eigenvalue weighted by atomic mass is 9.80. The van der Waals surface area contributed by atoms with Crippen LogP contribution < -0.4 is 11.1 Å². The van der Waals surface area contributed by atoms with E-state index in [2.05, 4.69) is 11.4 Å². The van der Waals surface area contributed by atoms with E-state index in [1.165, 1.54) is 0 Å². The lowest BCUT2D eigenvalue weighted by Crippen LogP contribution is -2.33. The topological polar surface area (TPSA) is 88.1 Å². The maximum absolute atomic E-state index is 12.4. The molecule has 0 amide bonds. The van der Waals surface area contributed by atoms with E-state index in [9.17, 15) is 10.1 Å². The molecule has 0 fully saturated rings. The summed E-state index contributed by atoms with van der Waals surface area (Å²) >= 11 is 0. The second-order valence-electron chi connectivity index (χ2n) is 5.62. The van der Waals surface area contributed by atoms with Crippen molar-refractivity contribution < 1.29 is 9.53 Å². The van der Waals surface area contributed by atoms with Crippen LogP contribution in [0.3, 0.4) is 0 Å². The Morgan fingerprint density at radius 1 is 1.39 bits per heavy atom. The van der Waals surface area contributed by atoms with Crippen LogP contribution >= 0.6 is 0 Å². The number of carbonyl (C=O) groups excluding carboxylic acids is 1. The zero-order chi connectivity index (χ0) is 17.1. The first-order valence-electron chi connectivity index (χ1n) is 7.52. The summed E-state index contributed by atoms with van der Waals surface area (Å²) in [6.45, 7) is 7.77. The second kappa shape index (κ2) is 6.57. The minimum atomic E-state index is -0.513. The number of carbonyl (C=O) groups is 1. The number of benzene rings is 1. The molecule has 1 aromatic carbocycles. The summed E-state index contributed by atoms with van der Waals surface area (Å²) < 4.78 is 5.19. The van der Waals surface area contributed by atoms with Gasteiger partial charge in [-0.25, -0.2) is 4.79 Å². The number of aryl methyl sites for hydroxylation is 2. The normalized spacial score (nSPS) is 17.6. The standard InChI is InChI=1S/C18H21N3O2/c1-5-23-18(22)15-12(4)21-17(20)14(9-19)16(15)13-7-6-10(2)8-11(13)3/h6-8,16,21H,5,20H2,1-4H3. The molecule has 1 aromatic rings. The molecule has 0 aromatic heterocycles. The van der Waals surface area contributed by atoms with Crippen LogP contribution in [0.1, 0.15) is 36.5 Å². The molecular weight excluding hydrogens is 290 g/mol. The Kier molecular flexibility index (Phi) is 4.75. The average Bonchev–Trinajstić information content (AvgIpc) is 2.46. The van der Waals surface area contributed by atoms with Crippen LogP contribution in [0, 0.1) is 25.2 Å². The van der Waals surface area contributed by atoms with Gasteiger partial charge in [-0.2, -0.15) is 5.26 Å². The maximum Gasteiger partial charge on any atom is 0.336 e. The quantitative estimate of drug-likeness (QED) is 0.837. The molecule has 1 aliphatic rings. The molecule has 1 aliphatic heterocycles. The van der Waals surface area contributed by atoms with Gasteiger partial charge >= 0.3 is 5.97 Å². The Morgan fingerprint density at radius 2 is 2.09 bits per heavy atom. The van der Waals surface area contributed by atoms with E-state index in [-0.39, 0.29) is 12.4 Å². The highest BCUT2D eigenvalue weighted by atomic mass is 16.5. The summed E-state index contributed by atoms with van der Waals surface area (Å²) in [4.78, 5) is 12.4. The molecule has 0 aliphatic carbocycles. The van der Waals surface area contributed by atoms with Crippen LogP contribution in [-0.2, 0) is 9.53 Å². The van der Waals surface area contributed by atoms with Crippen molar-refractivity contribution in [2.75, 3.05) is 6.61 Å². The number of hydrogen-bond acceptors (Lipinski definition) is 5. The van der Waals surface area contributed by atoms with Crippen molar-refractivity contribution in [3.05, 3.63) is 57.6 Å². The van der Waals surface area contributed by atoms with Crippen LogP contribution in [0.25, 0.3) is 0 Å². The fourth-order valence-electron chi connectivity index (χ4n) is 2.92. The van der Waals surface area contributed by atoms with Crippen LogP contribution in [0.2, 0.25) is 0 Å². The largest absolute Gasteiger partial charge is 0.463 e. The van der Waals surface area contributed by atoms with E-state index in [0.29, 0.717) is 16.8 Å². The third-order valence-electron chi connectivity index (χ3n) is 3.95. The SMILES string of the molecule is CCOC(=O)C1=C(C)NC(N)=C(C#N)C1c1ccc(C)cc1C. The van der Waals surface area contributed by atoms with E-state index < -0.39 is 11.9 Å². The third-order valence-corrected chi connectivity index (χ3v) is 3.95. The summed E-state index contributed by atoms with van der Waals surface area (Å²) in [7, 11) is 0. The number of nitriles is 1. The van der Waals surface area contributed by atoms with Gasteiger partial charge in [-0.1, -0.05) is 23.8 Å². The molecule has 23 heavy (non-hydrogen) atoms. The zero-order valence-corrected chi connectivity index (χ0v) is 13.9. The Morgan fingerprint density at radius 3 is 2.65 bits per heavy atom. The van der Waals surface area contributed by atoms with Crippen molar-refractivity contribution in [2.24, 2.45) is 5.73 Å². The Labute approximate surface area is 136 Å². The molecule has 0 radical (unpaired) electrons. The highest BCUT2D eigenvalue weighted by Crippen LogP contribution is 2.38. The molecule has 2 rings (SSSR count). The summed E-state index contributed by atoms with van der Waals surface area (Å²) in [6, 6.07) is 8.08. The number of esters is 1. The van der Waals surface area contributed by atoms with Gasteiger partial charge in [-0.15, -0.1) is 0 Å². The van der Waals surface area contributed by atoms with Gasteiger partial charge in [0.25, 0.3) is 0 Å². The van der Waals surface area contributed by atoms with Crippen LogP contribution in [0.4, 0.5) is 0 Å². The van der Waals surface area contributed by atoms with Crippen LogP contribution in [0.5, 0.6) is 0 Å². The second-order valence-corrected chi connectivity index (χ2v) is 5.62. The summed E-state index contributed by atoms with van der Waals surface area (Å²) in [5, 5.41) is 12.5. The Hall–Kier alpha value is -2.74. The Balaban J connectivity index is 2.66. The minimum Gasteiger partial charge on any atom is -0.463 e. The number of nitrogens with zero attached hydrogens (tertiary/aromatic N) is 1. The molecule has 5 nitrogen and oxygen atoms in total. The van der Waals surface area contributed by atoms with Gasteiger partial charge < -0.3 is 15.8 Å². The monoisotopic (exact) mass is 311 g/mol. The molecule has 120 valence electrons. The van der Waals surface area contributed by atoms with Crippen molar-refractivity contribution in [3.63, 3.8) is 0 Å². The van der Waals surface area contributed by atoms with E-state index >= 15 is 0 Å². The molecule has 0 bridgehead atoms. The van der Waals surface area contributed by atoms with Gasteiger partial charge in [0.2, 0.25) is 0 Å². The smallest absolute Gasteiger partial charge is 0.336 e. The van der Waals surface area contributed by atoms with E-state index in [1.54, 1.807) is 13.8 Å². The van der Waals surface area contributed by atoms with Crippen molar-refractivity contribution in [1.29, 1.82) is 5.26 Å². The van der Waals surface area contributed by atoms with Crippen LogP contribution in [-0.4, -0.2) is 12.6 Å². The Bertz CT molecular complexity index is 754. The molecule has 0 saturated carbocycles. The first kappa shape index (κ1) is 16.6. The number of dihydropyridines is 1. The number of ether oxygens (including phenoxy) is 1. The third kappa shape index (κ3) is 3.07. The van der Waals surface area contributed by atoms with Crippen molar-refractivity contribution in [3.8, 4) is 6.07 Å². The average molecular weight is 311 g/mol. The van der Waals surface area contributed by atoms with Crippen molar-refractivity contribution in [2.45, 2.75) is 33.6 Å². The summed E-state index contributed by atoms with van der Waals surface area (Å²) in [5.74, 6) is -0.661. The fraction of sp³-hybridized carbons (Fsp3) is 0.333. The molecule has 0 spiro atoms. The highest BCUT2D eigenvalue weighted by Gasteiger charge is 2.35. The molecule has 5 heteroatoms. The highest BCUT2D eigenvalue weighted by molar-refractivity contribution is 5.93. The molecule has 0 saturated heterocycles. The first-order valence-corrected chi connectivity index (χ1v) is 7.52. The van der Waals surface area contributed by atoms with Crippen LogP contribution in [0.15, 0.2) is 40.9 Å². The van der Waals surface area contributed by atoms with Gasteiger partial charge in [0, 0.05) is 5.70 Å². The molecule has 1 unspecified atom stereocenters. The van der Waals surface area contributed by atoms with Crippen molar-refractivity contribution >= 4 is 5.97 Å². The number of hydrogen-bond donors (Lipinski definition) is 2. The number of nitrogens with one attached hydrogen (secondary N) is 1. The fourth-order valence-corrected chi connectivity index (χ4v) is 2.92. The number of rotatable bonds is 3. The van der Waals surface area contributed by atoms with Gasteiger partial charge in [0.1, 0.15) is 5.82 Å². The maximum atomic E-state index is 12.4. The van der Waals surface area contributed by atoms with E-state index in [1.807, 2.05) is 32.0 Å². The predicted octanol–water partition coefficient (Wildman–Crippen LogP) is 2.52. The van der Waals surface area contributed by atoms with Gasteiger partial charge in [0.15, 0.2) is 0 Å². The van der Waals surface area contributed by atoms with E-state index in [4.69, 9.17) is 10.5 Å². The van der Waals surface area contributed by atoms with Crippen molar-refractivity contribution in [1.82, 2.24) is 5.32 Å². The molecule has 1 heterocycles. The zero-order valence-electron chi connectivity index (χ0n) is 13.9. The van der Waals surface area contributed by atoms with E-state index in [0.717, 1.165) is 16.7 Å². The minimum absolute atomic E-state index is 0.274. The summed E-state index contributed by atoms with van der Waals surface area (Å²) in [6.07, 6.45) is 0. The number of nitrogens with two attached hydrogens (primary N) is 1. The summed E-state index contributed by atoms with van der Waals surface area (Å²) in [5.41, 5.74) is 10.4. The molecular formula is C18H21N3O2. The first-order chi connectivity index (χ1) is 10.9. The lowest BCUT2D eigenvalue weighted by molar-refractivity contribution is -0.138. The molecule has 1 atom stereocenters. The number of allylic oxidation sites excluding steroid dienone is 2. The van der Waals surface area contributed by atoms with Gasteiger partial charge in [-0.05, 0) is 38.8 Å².